The van der Waals surface area contributed by atoms with E-state index in [9.17, 15) is 9.90 Å². The lowest BCUT2D eigenvalue weighted by molar-refractivity contribution is -0.138. The molecule has 3 heteroatoms. The highest BCUT2D eigenvalue weighted by atomic mass is 16.5. The Morgan fingerprint density at radius 1 is 1.24 bits per heavy atom. The summed E-state index contributed by atoms with van der Waals surface area (Å²) in [4.78, 5) is 11.3. The maximum Gasteiger partial charge on any atom is 0.310 e. The summed E-state index contributed by atoms with van der Waals surface area (Å²) in [6.45, 7) is 12.8. The Bertz CT molecular complexity index is 510. The van der Waals surface area contributed by atoms with Crippen LogP contribution in [0.4, 0.5) is 0 Å². The van der Waals surface area contributed by atoms with Crippen molar-refractivity contribution in [1.29, 1.82) is 0 Å². The van der Waals surface area contributed by atoms with E-state index in [0.717, 1.165) is 17.5 Å². The molecule has 1 N–H and O–H groups in total. The summed E-state index contributed by atoms with van der Waals surface area (Å²) in [6.07, 6.45) is 1.02. The number of carboxylic acid groups (broad SMARTS) is 1. The van der Waals surface area contributed by atoms with E-state index in [1.54, 1.807) is 14.0 Å². The number of carbonyl (C=O) groups is 1. The van der Waals surface area contributed by atoms with Crippen molar-refractivity contribution in [2.75, 3.05) is 7.11 Å². The van der Waals surface area contributed by atoms with E-state index in [2.05, 4.69) is 34.6 Å². The predicted octanol–water partition coefficient (Wildman–Crippen LogP) is 4.60. The lowest BCUT2D eigenvalue weighted by Gasteiger charge is -2.33. The van der Waals surface area contributed by atoms with Gasteiger partial charge in [-0.05, 0) is 35.8 Å². The highest BCUT2D eigenvalue weighted by Crippen LogP contribution is 2.39. The zero-order chi connectivity index (χ0) is 16.4. The first-order chi connectivity index (χ1) is 9.48. The summed E-state index contributed by atoms with van der Waals surface area (Å²) < 4.78 is 5.32. The van der Waals surface area contributed by atoms with Gasteiger partial charge in [-0.2, -0.15) is 0 Å². The molecule has 1 aromatic rings. The number of aliphatic carboxylic acids is 1. The van der Waals surface area contributed by atoms with Crippen LogP contribution in [0.3, 0.4) is 0 Å². The molecule has 0 fully saturated rings. The van der Waals surface area contributed by atoms with Crippen LogP contribution in [0.15, 0.2) is 18.2 Å². The Morgan fingerprint density at radius 3 is 2.24 bits per heavy atom. The van der Waals surface area contributed by atoms with Gasteiger partial charge in [0, 0.05) is 5.56 Å². The Morgan fingerprint density at radius 2 is 1.81 bits per heavy atom. The van der Waals surface area contributed by atoms with Crippen LogP contribution >= 0.6 is 0 Å². The van der Waals surface area contributed by atoms with E-state index in [4.69, 9.17) is 4.74 Å². The van der Waals surface area contributed by atoms with Crippen molar-refractivity contribution in [3.63, 3.8) is 0 Å². The van der Waals surface area contributed by atoms with E-state index in [0.29, 0.717) is 5.75 Å². The maximum atomic E-state index is 11.3. The van der Waals surface area contributed by atoms with Crippen LogP contribution in [0.5, 0.6) is 5.75 Å². The molecule has 0 aliphatic heterocycles. The lowest BCUT2D eigenvalue weighted by atomic mass is 9.72. The minimum atomic E-state index is -0.834. The SMILES string of the molecule is COc1ccc(C(C)(C)CC(C)(C)C)cc1C(C)C(=O)O. The Kier molecular flexibility index (Phi) is 5.08. The van der Waals surface area contributed by atoms with Crippen LogP contribution in [-0.4, -0.2) is 18.2 Å². The van der Waals surface area contributed by atoms with Gasteiger partial charge < -0.3 is 9.84 Å². The first-order valence-corrected chi connectivity index (χ1v) is 7.39. The molecule has 0 heterocycles. The molecule has 0 amide bonds. The van der Waals surface area contributed by atoms with Gasteiger partial charge in [-0.3, -0.25) is 4.79 Å². The number of rotatable bonds is 5. The number of hydrogen-bond acceptors (Lipinski definition) is 2. The molecule has 21 heavy (non-hydrogen) atoms. The Balaban J connectivity index is 3.27. The number of hydrogen-bond donors (Lipinski definition) is 1. The summed E-state index contributed by atoms with van der Waals surface area (Å²) in [5.41, 5.74) is 2.09. The van der Waals surface area contributed by atoms with Gasteiger partial charge in [0.2, 0.25) is 0 Å². The summed E-state index contributed by atoms with van der Waals surface area (Å²) in [5.74, 6) is -0.773. The van der Waals surface area contributed by atoms with E-state index in [1.165, 1.54) is 0 Å². The van der Waals surface area contributed by atoms with E-state index in [-0.39, 0.29) is 10.8 Å². The van der Waals surface area contributed by atoms with Crippen LogP contribution in [0.25, 0.3) is 0 Å². The van der Waals surface area contributed by atoms with Crippen molar-refractivity contribution < 1.29 is 14.6 Å². The van der Waals surface area contributed by atoms with Gasteiger partial charge in [0.25, 0.3) is 0 Å². The number of benzene rings is 1. The molecule has 0 radical (unpaired) electrons. The molecule has 0 aliphatic rings. The highest BCUT2D eigenvalue weighted by molar-refractivity contribution is 5.76. The molecule has 0 aromatic heterocycles. The monoisotopic (exact) mass is 292 g/mol. The molecule has 0 saturated heterocycles. The van der Waals surface area contributed by atoms with Crippen LogP contribution in [0.1, 0.15) is 65.0 Å². The smallest absolute Gasteiger partial charge is 0.310 e. The molecule has 0 saturated carbocycles. The number of carboxylic acids is 1. The summed E-state index contributed by atoms with van der Waals surface area (Å²) in [5, 5.41) is 9.28. The zero-order valence-electron chi connectivity index (χ0n) is 14.3. The minimum absolute atomic E-state index is 0.0164. The number of ether oxygens (including phenoxy) is 1. The second-order valence-electron chi connectivity index (χ2n) is 7.64. The third-order valence-electron chi connectivity index (χ3n) is 3.82. The third kappa shape index (κ3) is 4.48. The van der Waals surface area contributed by atoms with Crippen LogP contribution in [0.2, 0.25) is 0 Å². The lowest BCUT2D eigenvalue weighted by Crippen LogP contribution is -2.25. The van der Waals surface area contributed by atoms with Gasteiger partial charge in [0.1, 0.15) is 5.75 Å². The summed E-state index contributed by atoms with van der Waals surface area (Å²) >= 11 is 0. The first kappa shape index (κ1) is 17.5. The fraction of sp³-hybridized carbons (Fsp3) is 0.611. The van der Waals surface area contributed by atoms with Crippen molar-refractivity contribution in [3.8, 4) is 5.75 Å². The second-order valence-corrected chi connectivity index (χ2v) is 7.64. The van der Waals surface area contributed by atoms with Crippen molar-refractivity contribution in [2.24, 2.45) is 5.41 Å². The standard InChI is InChI=1S/C18H28O3/c1-12(16(19)20)14-10-13(8-9-15(14)21-7)18(5,6)11-17(2,3)4/h8-10,12H,11H2,1-7H3,(H,19,20). The minimum Gasteiger partial charge on any atom is -0.496 e. The molecule has 0 bridgehead atoms. The first-order valence-electron chi connectivity index (χ1n) is 7.39. The zero-order valence-corrected chi connectivity index (χ0v) is 14.3. The molecule has 1 rings (SSSR count). The molecule has 1 aromatic carbocycles. The molecular formula is C18H28O3. The van der Waals surface area contributed by atoms with Gasteiger partial charge in [0.05, 0.1) is 13.0 Å². The average molecular weight is 292 g/mol. The summed E-state index contributed by atoms with van der Waals surface area (Å²) in [6, 6.07) is 5.92. The van der Waals surface area contributed by atoms with Crippen LogP contribution < -0.4 is 4.74 Å². The fourth-order valence-corrected chi connectivity index (χ4v) is 3.05. The molecule has 3 nitrogen and oxygen atoms in total. The van der Waals surface area contributed by atoms with Gasteiger partial charge in [0.15, 0.2) is 0 Å². The summed E-state index contributed by atoms with van der Waals surface area (Å²) in [7, 11) is 1.58. The quantitative estimate of drug-likeness (QED) is 0.863. The van der Waals surface area contributed by atoms with E-state index >= 15 is 0 Å². The highest BCUT2D eigenvalue weighted by Gasteiger charge is 2.29. The molecule has 0 spiro atoms. The van der Waals surface area contributed by atoms with Crippen molar-refractivity contribution in [2.45, 2.75) is 59.3 Å². The largest absolute Gasteiger partial charge is 0.496 e. The fourth-order valence-electron chi connectivity index (χ4n) is 3.05. The second kappa shape index (κ2) is 6.08. The molecule has 1 unspecified atom stereocenters. The van der Waals surface area contributed by atoms with Crippen molar-refractivity contribution >= 4 is 5.97 Å². The average Bonchev–Trinajstić information content (AvgIpc) is 2.34. The molecule has 1 atom stereocenters. The van der Waals surface area contributed by atoms with Crippen molar-refractivity contribution in [3.05, 3.63) is 29.3 Å². The molecular weight excluding hydrogens is 264 g/mol. The van der Waals surface area contributed by atoms with E-state index in [1.807, 2.05) is 18.2 Å². The molecule has 118 valence electrons. The van der Waals surface area contributed by atoms with E-state index < -0.39 is 11.9 Å². The van der Waals surface area contributed by atoms with Gasteiger partial charge in [-0.15, -0.1) is 0 Å². The van der Waals surface area contributed by atoms with Gasteiger partial charge in [-0.25, -0.2) is 0 Å². The number of methoxy groups -OCH3 is 1. The van der Waals surface area contributed by atoms with Gasteiger partial charge in [-0.1, -0.05) is 46.8 Å². The normalized spacial score (nSPS) is 13.9. The maximum absolute atomic E-state index is 11.3. The van der Waals surface area contributed by atoms with Crippen LogP contribution in [0, 0.1) is 5.41 Å². The predicted molar refractivity (Wildman–Crippen MR) is 86.1 cm³/mol. The van der Waals surface area contributed by atoms with Crippen molar-refractivity contribution in [1.82, 2.24) is 0 Å². The molecule has 0 aliphatic carbocycles. The Hall–Kier alpha value is -1.51. The Labute approximate surface area is 128 Å². The topological polar surface area (TPSA) is 46.5 Å². The van der Waals surface area contributed by atoms with Gasteiger partial charge >= 0.3 is 5.97 Å². The van der Waals surface area contributed by atoms with Crippen LogP contribution in [-0.2, 0) is 10.2 Å². The third-order valence-corrected chi connectivity index (χ3v) is 3.82.